The Morgan fingerprint density at radius 2 is 2.33 bits per heavy atom. The molecule has 0 spiro atoms. The molecule has 15 heavy (non-hydrogen) atoms. The molecule has 1 aliphatic rings. The molecule has 0 saturated heterocycles. The van der Waals surface area contributed by atoms with Crippen molar-refractivity contribution in [1.82, 2.24) is 15.5 Å². The van der Waals surface area contributed by atoms with Crippen LogP contribution in [0.3, 0.4) is 0 Å². The predicted octanol–water partition coefficient (Wildman–Crippen LogP) is 2.05. The van der Waals surface area contributed by atoms with Crippen LogP contribution >= 0.6 is 0 Å². The van der Waals surface area contributed by atoms with E-state index in [1.807, 2.05) is 6.92 Å². The van der Waals surface area contributed by atoms with Gasteiger partial charge in [0.2, 0.25) is 5.89 Å². The lowest BCUT2D eigenvalue weighted by Gasteiger charge is -2.27. The highest BCUT2D eigenvalue weighted by atomic mass is 16.5. The van der Waals surface area contributed by atoms with Crippen LogP contribution in [0.15, 0.2) is 4.52 Å². The zero-order valence-corrected chi connectivity index (χ0v) is 9.49. The SMILES string of the molecule is Cc1nc(CNC2CCCC(C)C2)no1. The Morgan fingerprint density at radius 1 is 1.47 bits per heavy atom. The summed E-state index contributed by atoms with van der Waals surface area (Å²) >= 11 is 0. The molecule has 0 amide bonds. The van der Waals surface area contributed by atoms with Gasteiger partial charge in [0.25, 0.3) is 0 Å². The first-order valence-electron chi connectivity index (χ1n) is 5.76. The summed E-state index contributed by atoms with van der Waals surface area (Å²) in [6.07, 6.45) is 5.27. The van der Waals surface area contributed by atoms with E-state index < -0.39 is 0 Å². The minimum absolute atomic E-state index is 0.632. The van der Waals surface area contributed by atoms with Gasteiger partial charge in [0.1, 0.15) is 0 Å². The van der Waals surface area contributed by atoms with Crippen molar-refractivity contribution < 1.29 is 4.52 Å². The first kappa shape index (κ1) is 10.6. The van der Waals surface area contributed by atoms with Crippen LogP contribution in [0.5, 0.6) is 0 Å². The molecule has 1 aromatic rings. The van der Waals surface area contributed by atoms with Crippen molar-refractivity contribution >= 4 is 0 Å². The highest BCUT2D eigenvalue weighted by Crippen LogP contribution is 2.23. The van der Waals surface area contributed by atoms with E-state index in [1.165, 1.54) is 25.7 Å². The molecule has 0 aliphatic heterocycles. The summed E-state index contributed by atoms with van der Waals surface area (Å²) in [4.78, 5) is 4.17. The van der Waals surface area contributed by atoms with Crippen LogP contribution in [-0.2, 0) is 6.54 Å². The van der Waals surface area contributed by atoms with E-state index in [-0.39, 0.29) is 0 Å². The van der Waals surface area contributed by atoms with Crippen LogP contribution in [0, 0.1) is 12.8 Å². The molecule has 0 bridgehead atoms. The molecule has 0 radical (unpaired) electrons. The van der Waals surface area contributed by atoms with Crippen molar-refractivity contribution in [3.05, 3.63) is 11.7 Å². The summed E-state index contributed by atoms with van der Waals surface area (Å²) < 4.78 is 4.92. The zero-order chi connectivity index (χ0) is 10.7. The Balaban J connectivity index is 1.77. The highest BCUT2D eigenvalue weighted by Gasteiger charge is 2.18. The Morgan fingerprint density at radius 3 is 3.00 bits per heavy atom. The largest absolute Gasteiger partial charge is 0.340 e. The summed E-state index contributed by atoms with van der Waals surface area (Å²) in [5.74, 6) is 2.26. The van der Waals surface area contributed by atoms with Crippen LogP contribution in [0.2, 0.25) is 0 Å². The maximum atomic E-state index is 4.92. The lowest BCUT2D eigenvalue weighted by molar-refractivity contribution is 0.297. The normalized spacial score (nSPS) is 26.8. The summed E-state index contributed by atoms with van der Waals surface area (Å²) in [5, 5.41) is 7.37. The molecule has 1 saturated carbocycles. The fourth-order valence-electron chi connectivity index (χ4n) is 2.27. The number of rotatable bonds is 3. The first-order chi connectivity index (χ1) is 7.24. The third-order valence-corrected chi connectivity index (χ3v) is 3.05. The fraction of sp³-hybridized carbons (Fsp3) is 0.818. The molecule has 2 atom stereocenters. The topological polar surface area (TPSA) is 51.0 Å². The van der Waals surface area contributed by atoms with Crippen LogP contribution in [0.25, 0.3) is 0 Å². The number of aromatic nitrogens is 2. The van der Waals surface area contributed by atoms with Gasteiger partial charge >= 0.3 is 0 Å². The smallest absolute Gasteiger partial charge is 0.223 e. The van der Waals surface area contributed by atoms with Gasteiger partial charge in [0, 0.05) is 13.0 Å². The third kappa shape index (κ3) is 3.02. The molecule has 2 rings (SSSR count). The summed E-state index contributed by atoms with van der Waals surface area (Å²) in [6.45, 7) is 4.88. The summed E-state index contributed by atoms with van der Waals surface area (Å²) in [5.41, 5.74) is 0. The first-order valence-corrected chi connectivity index (χ1v) is 5.76. The Kier molecular flexibility index (Phi) is 3.36. The van der Waals surface area contributed by atoms with E-state index >= 15 is 0 Å². The van der Waals surface area contributed by atoms with Crippen molar-refractivity contribution in [2.24, 2.45) is 5.92 Å². The molecule has 1 aromatic heterocycles. The van der Waals surface area contributed by atoms with E-state index in [0.29, 0.717) is 11.9 Å². The maximum Gasteiger partial charge on any atom is 0.223 e. The molecule has 0 aromatic carbocycles. The number of hydrogen-bond donors (Lipinski definition) is 1. The van der Waals surface area contributed by atoms with Crippen LogP contribution in [0.1, 0.15) is 44.3 Å². The average Bonchev–Trinajstić information content (AvgIpc) is 2.62. The van der Waals surface area contributed by atoms with Gasteiger partial charge < -0.3 is 9.84 Å². The van der Waals surface area contributed by atoms with Crippen molar-refractivity contribution in [1.29, 1.82) is 0 Å². The minimum Gasteiger partial charge on any atom is -0.340 e. The second-order valence-electron chi connectivity index (χ2n) is 4.58. The number of hydrogen-bond acceptors (Lipinski definition) is 4. The van der Waals surface area contributed by atoms with Gasteiger partial charge in [-0.25, -0.2) is 0 Å². The summed E-state index contributed by atoms with van der Waals surface area (Å²) in [6, 6.07) is 0.632. The Hall–Kier alpha value is -0.900. The zero-order valence-electron chi connectivity index (χ0n) is 9.49. The third-order valence-electron chi connectivity index (χ3n) is 3.05. The highest BCUT2D eigenvalue weighted by molar-refractivity contribution is 4.85. The van der Waals surface area contributed by atoms with Gasteiger partial charge in [0.15, 0.2) is 5.82 Å². The number of aryl methyl sites for hydroxylation is 1. The predicted molar refractivity (Wildman–Crippen MR) is 57.3 cm³/mol. The van der Waals surface area contributed by atoms with Crippen LogP contribution < -0.4 is 5.32 Å². The molecule has 4 heteroatoms. The molecule has 1 N–H and O–H groups in total. The molecule has 84 valence electrons. The van der Waals surface area contributed by atoms with Gasteiger partial charge in [-0.3, -0.25) is 0 Å². The van der Waals surface area contributed by atoms with Crippen molar-refractivity contribution in [3.8, 4) is 0 Å². The molecular weight excluding hydrogens is 190 g/mol. The van der Waals surface area contributed by atoms with Gasteiger partial charge in [-0.2, -0.15) is 4.98 Å². The van der Waals surface area contributed by atoms with Crippen molar-refractivity contribution in [2.45, 2.75) is 52.1 Å². The van der Waals surface area contributed by atoms with Crippen LogP contribution in [0.4, 0.5) is 0 Å². The molecule has 1 aliphatic carbocycles. The molecule has 1 heterocycles. The second-order valence-corrected chi connectivity index (χ2v) is 4.58. The van der Waals surface area contributed by atoms with E-state index in [1.54, 1.807) is 0 Å². The van der Waals surface area contributed by atoms with E-state index in [4.69, 9.17) is 4.52 Å². The molecule has 1 fully saturated rings. The monoisotopic (exact) mass is 209 g/mol. The lowest BCUT2D eigenvalue weighted by Crippen LogP contribution is -2.33. The van der Waals surface area contributed by atoms with E-state index in [0.717, 1.165) is 18.3 Å². The van der Waals surface area contributed by atoms with Crippen LogP contribution in [-0.4, -0.2) is 16.2 Å². The minimum atomic E-state index is 0.632. The van der Waals surface area contributed by atoms with Crippen molar-refractivity contribution in [3.63, 3.8) is 0 Å². The molecular formula is C11H19N3O. The van der Waals surface area contributed by atoms with Crippen molar-refractivity contribution in [2.75, 3.05) is 0 Å². The fourth-order valence-corrected chi connectivity index (χ4v) is 2.27. The lowest BCUT2D eigenvalue weighted by atomic mass is 9.87. The Labute approximate surface area is 90.4 Å². The molecule has 4 nitrogen and oxygen atoms in total. The summed E-state index contributed by atoms with van der Waals surface area (Å²) in [7, 11) is 0. The standard InChI is InChI=1S/C11H19N3O/c1-8-4-3-5-10(6-8)12-7-11-13-9(2)15-14-11/h8,10,12H,3-7H2,1-2H3. The van der Waals surface area contributed by atoms with Gasteiger partial charge in [-0.05, 0) is 18.8 Å². The maximum absolute atomic E-state index is 4.92. The van der Waals surface area contributed by atoms with E-state index in [9.17, 15) is 0 Å². The van der Waals surface area contributed by atoms with Gasteiger partial charge in [0.05, 0.1) is 6.54 Å². The number of nitrogens with zero attached hydrogens (tertiary/aromatic N) is 2. The van der Waals surface area contributed by atoms with E-state index in [2.05, 4.69) is 22.4 Å². The molecule has 2 unspecified atom stereocenters. The second kappa shape index (κ2) is 4.75. The van der Waals surface area contributed by atoms with Gasteiger partial charge in [-0.1, -0.05) is 24.9 Å². The quantitative estimate of drug-likeness (QED) is 0.827. The average molecular weight is 209 g/mol. The Bertz CT molecular complexity index is 311. The number of nitrogens with one attached hydrogen (secondary N) is 1. The van der Waals surface area contributed by atoms with Gasteiger partial charge in [-0.15, -0.1) is 0 Å².